The molecular formula is C17H23N3. The Morgan fingerprint density at radius 1 is 1.20 bits per heavy atom. The highest BCUT2D eigenvalue weighted by atomic mass is 15.1. The molecule has 1 saturated heterocycles. The van der Waals surface area contributed by atoms with Crippen molar-refractivity contribution in [3.8, 4) is 11.3 Å². The maximum Gasteiger partial charge on any atom is 0.0955 e. The summed E-state index contributed by atoms with van der Waals surface area (Å²) in [5, 5.41) is 11.4. The Bertz CT molecular complexity index is 607. The first-order valence-corrected chi connectivity index (χ1v) is 7.50. The molecule has 2 heterocycles. The second-order valence-corrected chi connectivity index (χ2v) is 5.97. The smallest absolute Gasteiger partial charge is 0.0955 e. The maximum atomic E-state index is 4.61. The summed E-state index contributed by atoms with van der Waals surface area (Å²) in [4.78, 5) is 0. The van der Waals surface area contributed by atoms with Gasteiger partial charge in [-0.3, -0.25) is 5.10 Å². The standard InChI is InChI=1S/C17H23N3/c1-11-6-7-12(2)15(9-11)17-13(3)16(19-20-17)14-5-4-8-18-10-14/h6-7,9,14,18H,4-5,8,10H2,1-3H3,(H,19,20). The molecular weight excluding hydrogens is 246 g/mol. The Morgan fingerprint density at radius 3 is 2.80 bits per heavy atom. The summed E-state index contributed by atoms with van der Waals surface area (Å²) in [6, 6.07) is 6.58. The lowest BCUT2D eigenvalue weighted by molar-refractivity contribution is 0.453. The molecule has 0 bridgehead atoms. The molecule has 3 nitrogen and oxygen atoms in total. The van der Waals surface area contributed by atoms with E-state index in [0.29, 0.717) is 5.92 Å². The van der Waals surface area contributed by atoms with E-state index in [-0.39, 0.29) is 0 Å². The molecule has 0 amide bonds. The normalized spacial score (nSPS) is 19.2. The first-order valence-electron chi connectivity index (χ1n) is 7.50. The quantitative estimate of drug-likeness (QED) is 0.876. The summed E-state index contributed by atoms with van der Waals surface area (Å²) < 4.78 is 0. The number of hydrogen-bond donors (Lipinski definition) is 2. The van der Waals surface area contributed by atoms with Crippen molar-refractivity contribution in [3.05, 3.63) is 40.6 Å². The van der Waals surface area contributed by atoms with Crippen molar-refractivity contribution >= 4 is 0 Å². The van der Waals surface area contributed by atoms with Gasteiger partial charge in [0.2, 0.25) is 0 Å². The topological polar surface area (TPSA) is 40.7 Å². The van der Waals surface area contributed by atoms with Crippen LogP contribution >= 0.6 is 0 Å². The third-order valence-electron chi connectivity index (χ3n) is 4.40. The van der Waals surface area contributed by atoms with Crippen LogP contribution in [-0.2, 0) is 0 Å². The zero-order valence-corrected chi connectivity index (χ0v) is 12.6. The molecule has 0 spiro atoms. The number of aryl methyl sites for hydroxylation is 2. The second kappa shape index (κ2) is 5.41. The second-order valence-electron chi connectivity index (χ2n) is 5.97. The first kappa shape index (κ1) is 13.4. The average molecular weight is 269 g/mol. The van der Waals surface area contributed by atoms with Crippen LogP contribution < -0.4 is 5.32 Å². The van der Waals surface area contributed by atoms with E-state index in [9.17, 15) is 0 Å². The van der Waals surface area contributed by atoms with Crippen molar-refractivity contribution in [2.45, 2.75) is 39.5 Å². The minimum absolute atomic E-state index is 0.579. The van der Waals surface area contributed by atoms with Crippen LogP contribution in [-0.4, -0.2) is 23.3 Å². The number of piperidine rings is 1. The van der Waals surface area contributed by atoms with Gasteiger partial charge in [0.25, 0.3) is 0 Å². The molecule has 1 aliphatic rings. The molecule has 1 aromatic carbocycles. The summed E-state index contributed by atoms with van der Waals surface area (Å²) in [6.07, 6.45) is 2.50. The Labute approximate surface area is 120 Å². The summed E-state index contributed by atoms with van der Waals surface area (Å²) in [5.41, 5.74) is 7.58. The number of nitrogens with zero attached hydrogens (tertiary/aromatic N) is 1. The fraction of sp³-hybridized carbons (Fsp3) is 0.471. The SMILES string of the molecule is Cc1ccc(C)c(-c2n[nH]c(C3CCCNC3)c2C)c1. The van der Waals surface area contributed by atoms with E-state index in [4.69, 9.17) is 0 Å². The van der Waals surface area contributed by atoms with Crippen LogP contribution in [0.25, 0.3) is 11.3 Å². The highest BCUT2D eigenvalue weighted by Crippen LogP contribution is 2.32. The molecule has 0 aliphatic carbocycles. The number of hydrogen-bond acceptors (Lipinski definition) is 2. The molecule has 1 unspecified atom stereocenters. The van der Waals surface area contributed by atoms with Crippen LogP contribution in [0.15, 0.2) is 18.2 Å². The molecule has 106 valence electrons. The van der Waals surface area contributed by atoms with Crippen molar-refractivity contribution in [1.82, 2.24) is 15.5 Å². The molecule has 0 radical (unpaired) electrons. The lowest BCUT2D eigenvalue weighted by Gasteiger charge is -2.22. The molecule has 1 aromatic heterocycles. The van der Waals surface area contributed by atoms with Gasteiger partial charge in [-0.05, 0) is 57.4 Å². The lowest BCUT2D eigenvalue weighted by atomic mass is 9.91. The zero-order valence-electron chi connectivity index (χ0n) is 12.6. The molecule has 0 saturated carbocycles. The van der Waals surface area contributed by atoms with Gasteiger partial charge in [-0.15, -0.1) is 0 Å². The monoisotopic (exact) mass is 269 g/mol. The van der Waals surface area contributed by atoms with Gasteiger partial charge in [0, 0.05) is 23.7 Å². The Balaban J connectivity index is 1.99. The summed E-state index contributed by atoms with van der Waals surface area (Å²) >= 11 is 0. The molecule has 1 atom stereocenters. The van der Waals surface area contributed by atoms with E-state index < -0.39 is 0 Å². The average Bonchev–Trinajstić information content (AvgIpc) is 2.84. The fourth-order valence-electron chi connectivity index (χ4n) is 3.16. The summed E-state index contributed by atoms with van der Waals surface area (Å²) in [5.74, 6) is 0.579. The van der Waals surface area contributed by atoms with Crippen molar-refractivity contribution in [1.29, 1.82) is 0 Å². The van der Waals surface area contributed by atoms with Crippen LogP contribution in [0.2, 0.25) is 0 Å². The molecule has 3 heteroatoms. The highest BCUT2D eigenvalue weighted by Gasteiger charge is 2.21. The van der Waals surface area contributed by atoms with Crippen molar-refractivity contribution in [2.75, 3.05) is 13.1 Å². The number of aromatic nitrogens is 2. The first-order chi connectivity index (χ1) is 9.66. The molecule has 1 fully saturated rings. The van der Waals surface area contributed by atoms with Crippen LogP contribution in [0.4, 0.5) is 0 Å². The predicted octanol–water partition coefficient (Wildman–Crippen LogP) is 3.47. The highest BCUT2D eigenvalue weighted by molar-refractivity contribution is 5.68. The third kappa shape index (κ3) is 2.38. The number of H-pyrrole nitrogens is 1. The van der Waals surface area contributed by atoms with Gasteiger partial charge in [0.1, 0.15) is 0 Å². The molecule has 3 rings (SSSR count). The van der Waals surface area contributed by atoms with Gasteiger partial charge in [-0.2, -0.15) is 5.10 Å². The Kier molecular flexibility index (Phi) is 3.62. The molecule has 2 N–H and O–H groups in total. The van der Waals surface area contributed by atoms with E-state index in [1.54, 1.807) is 0 Å². The van der Waals surface area contributed by atoms with Gasteiger partial charge < -0.3 is 5.32 Å². The predicted molar refractivity (Wildman–Crippen MR) is 83.1 cm³/mol. The summed E-state index contributed by atoms with van der Waals surface area (Å²) in [6.45, 7) is 8.70. The van der Waals surface area contributed by atoms with E-state index in [2.05, 4.69) is 54.5 Å². The van der Waals surface area contributed by atoms with Crippen LogP contribution in [0.1, 0.15) is 41.1 Å². The molecule has 2 aromatic rings. The number of rotatable bonds is 2. The Hall–Kier alpha value is -1.61. The molecule has 20 heavy (non-hydrogen) atoms. The van der Waals surface area contributed by atoms with E-state index in [1.807, 2.05) is 0 Å². The maximum absolute atomic E-state index is 4.61. The minimum atomic E-state index is 0.579. The fourth-order valence-corrected chi connectivity index (χ4v) is 3.16. The summed E-state index contributed by atoms with van der Waals surface area (Å²) in [7, 11) is 0. The van der Waals surface area contributed by atoms with Gasteiger partial charge in [-0.25, -0.2) is 0 Å². The third-order valence-corrected chi connectivity index (χ3v) is 4.40. The largest absolute Gasteiger partial charge is 0.316 e. The lowest BCUT2D eigenvalue weighted by Crippen LogP contribution is -2.28. The minimum Gasteiger partial charge on any atom is -0.316 e. The van der Waals surface area contributed by atoms with Crippen LogP contribution in [0, 0.1) is 20.8 Å². The van der Waals surface area contributed by atoms with Crippen LogP contribution in [0.3, 0.4) is 0 Å². The van der Waals surface area contributed by atoms with E-state index in [1.165, 1.54) is 40.8 Å². The number of nitrogens with one attached hydrogen (secondary N) is 2. The molecule has 1 aliphatic heterocycles. The van der Waals surface area contributed by atoms with Crippen molar-refractivity contribution in [3.63, 3.8) is 0 Å². The van der Waals surface area contributed by atoms with Gasteiger partial charge in [0.05, 0.1) is 5.69 Å². The van der Waals surface area contributed by atoms with Gasteiger partial charge in [0.15, 0.2) is 0 Å². The van der Waals surface area contributed by atoms with Crippen molar-refractivity contribution in [2.24, 2.45) is 0 Å². The zero-order chi connectivity index (χ0) is 14.1. The van der Waals surface area contributed by atoms with Gasteiger partial charge >= 0.3 is 0 Å². The Morgan fingerprint density at radius 2 is 2.05 bits per heavy atom. The number of benzene rings is 1. The van der Waals surface area contributed by atoms with E-state index >= 15 is 0 Å². The van der Waals surface area contributed by atoms with Gasteiger partial charge in [-0.1, -0.05) is 17.7 Å². The van der Waals surface area contributed by atoms with Crippen LogP contribution in [0.5, 0.6) is 0 Å². The number of aromatic amines is 1. The van der Waals surface area contributed by atoms with Crippen molar-refractivity contribution < 1.29 is 0 Å². The van der Waals surface area contributed by atoms with E-state index in [0.717, 1.165) is 18.8 Å².